The van der Waals surface area contributed by atoms with Gasteiger partial charge in [0.2, 0.25) is 0 Å². The van der Waals surface area contributed by atoms with Crippen LogP contribution in [0.2, 0.25) is 0 Å². The summed E-state index contributed by atoms with van der Waals surface area (Å²) in [5.41, 5.74) is 0. The van der Waals surface area contributed by atoms with Crippen LogP contribution >= 0.6 is 0 Å². The number of aromatic nitrogens is 2. The van der Waals surface area contributed by atoms with Gasteiger partial charge in [0.15, 0.2) is 12.4 Å². The van der Waals surface area contributed by atoms with E-state index in [1.54, 1.807) is 11.8 Å². The lowest BCUT2D eigenvalue weighted by Crippen LogP contribution is -2.35. The molecule has 1 fully saturated rings. The number of hydrogen-bond acceptors (Lipinski definition) is 5. The van der Waals surface area contributed by atoms with E-state index in [9.17, 15) is 14.9 Å². The number of rotatable bonds is 6. The zero-order valence-electron chi connectivity index (χ0n) is 13.1. The van der Waals surface area contributed by atoms with Gasteiger partial charge in [0, 0.05) is 13.0 Å². The number of imidazole rings is 1. The number of furan rings is 1. The summed E-state index contributed by atoms with van der Waals surface area (Å²) < 4.78 is 6.88. The average molecular weight is 318 g/mol. The molecule has 0 saturated heterocycles. The van der Waals surface area contributed by atoms with Crippen molar-refractivity contribution < 1.29 is 14.1 Å². The highest BCUT2D eigenvalue weighted by Crippen LogP contribution is 2.29. The Morgan fingerprint density at radius 1 is 1.48 bits per heavy atom. The van der Waals surface area contributed by atoms with E-state index in [0.29, 0.717) is 12.4 Å². The Hall–Kier alpha value is -2.64. The first-order valence-electron chi connectivity index (χ1n) is 7.47. The van der Waals surface area contributed by atoms with Crippen molar-refractivity contribution in [1.82, 2.24) is 14.5 Å². The number of carbonyl (C=O) groups excluding carboxylic acids is 1. The summed E-state index contributed by atoms with van der Waals surface area (Å²) in [7, 11) is 0. The van der Waals surface area contributed by atoms with Crippen molar-refractivity contribution in [3.05, 3.63) is 45.8 Å². The zero-order valence-corrected chi connectivity index (χ0v) is 13.1. The monoisotopic (exact) mass is 318 g/mol. The van der Waals surface area contributed by atoms with Gasteiger partial charge in [-0.2, -0.15) is 0 Å². The van der Waals surface area contributed by atoms with Gasteiger partial charge in [0.05, 0.1) is 6.54 Å². The lowest BCUT2D eigenvalue weighted by Gasteiger charge is -2.20. The highest BCUT2D eigenvalue weighted by Gasteiger charge is 2.35. The Morgan fingerprint density at radius 3 is 2.78 bits per heavy atom. The molecule has 1 aliphatic carbocycles. The predicted molar refractivity (Wildman–Crippen MR) is 80.6 cm³/mol. The predicted octanol–water partition coefficient (Wildman–Crippen LogP) is 2.19. The highest BCUT2D eigenvalue weighted by molar-refractivity contribution is 5.77. The number of amides is 1. The third-order valence-electron chi connectivity index (χ3n) is 3.94. The Kier molecular flexibility index (Phi) is 3.89. The first-order valence-corrected chi connectivity index (χ1v) is 7.47. The highest BCUT2D eigenvalue weighted by atomic mass is 16.6. The third-order valence-corrected chi connectivity index (χ3v) is 3.94. The number of carbonyl (C=O) groups is 1. The molecule has 0 aliphatic heterocycles. The first kappa shape index (κ1) is 15.3. The second-order valence-corrected chi connectivity index (χ2v) is 5.77. The summed E-state index contributed by atoms with van der Waals surface area (Å²) in [6.07, 6.45) is 3.09. The van der Waals surface area contributed by atoms with E-state index in [-0.39, 0.29) is 24.3 Å². The van der Waals surface area contributed by atoms with Gasteiger partial charge in [0.25, 0.3) is 5.91 Å². The molecule has 0 spiro atoms. The summed E-state index contributed by atoms with van der Waals surface area (Å²) in [4.78, 5) is 28.8. The molecule has 0 atom stereocenters. The molecule has 0 aromatic carbocycles. The van der Waals surface area contributed by atoms with Crippen LogP contribution in [0.4, 0.5) is 5.82 Å². The normalized spacial score (nSPS) is 14.0. The van der Waals surface area contributed by atoms with Crippen molar-refractivity contribution in [2.75, 3.05) is 0 Å². The van der Waals surface area contributed by atoms with Crippen LogP contribution in [-0.4, -0.2) is 31.3 Å². The number of aryl methyl sites for hydroxylation is 2. The number of hydrogen-bond donors (Lipinski definition) is 0. The van der Waals surface area contributed by atoms with Crippen LogP contribution in [0.25, 0.3) is 0 Å². The molecule has 0 unspecified atom stereocenters. The van der Waals surface area contributed by atoms with E-state index in [1.807, 2.05) is 19.1 Å². The summed E-state index contributed by atoms with van der Waals surface area (Å²) >= 11 is 0. The van der Waals surface area contributed by atoms with Crippen LogP contribution in [0, 0.1) is 24.0 Å². The van der Waals surface area contributed by atoms with Crippen molar-refractivity contribution in [3.63, 3.8) is 0 Å². The molecule has 8 heteroatoms. The second-order valence-electron chi connectivity index (χ2n) is 5.77. The molecular formula is C15H18N4O4. The molecule has 2 heterocycles. The van der Waals surface area contributed by atoms with Crippen LogP contribution < -0.4 is 0 Å². The molecule has 0 radical (unpaired) electrons. The summed E-state index contributed by atoms with van der Waals surface area (Å²) in [6, 6.07) is 3.90. The fourth-order valence-electron chi connectivity index (χ4n) is 2.57. The molecule has 23 heavy (non-hydrogen) atoms. The quantitative estimate of drug-likeness (QED) is 0.601. The first-order chi connectivity index (χ1) is 11.0. The minimum atomic E-state index is -0.523. The maximum Gasteiger partial charge on any atom is 0.343 e. The molecule has 122 valence electrons. The van der Waals surface area contributed by atoms with Crippen molar-refractivity contribution in [1.29, 1.82) is 0 Å². The lowest BCUT2D eigenvalue weighted by atomic mass is 10.3. The zero-order chi connectivity index (χ0) is 16.6. The average Bonchev–Trinajstić information content (AvgIpc) is 3.15. The molecule has 3 rings (SSSR count). The van der Waals surface area contributed by atoms with Gasteiger partial charge in [-0.25, -0.2) is 9.55 Å². The topological polar surface area (TPSA) is 94.4 Å². The molecular weight excluding hydrogens is 300 g/mol. The second kappa shape index (κ2) is 5.86. The molecule has 1 amide bonds. The van der Waals surface area contributed by atoms with E-state index in [4.69, 9.17) is 4.42 Å². The SMILES string of the molecule is Cc1ccc(CN(C(=O)Cn2c([N+](=O)[O-])cnc2C)C2CC2)o1. The number of nitro groups is 1. The largest absolute Gasteiger partial charge is 0.464 e. The van der Waals surface area contributed by atoms with E-state index in [1.165, 1.54) is 10.8 Å². The Bertz CT molecular complexity index is 744. The van der Waals surface area contributed by atoms with Crippen molar-refractivity contribution >= 4 is 11.7 Å². The molecule has 2 aromatic rings. The Morgan fingerprint density at radius 2 is 2.22 bits per heavy atom. The van der Waals surface area contributed by atoms with Gasteiger partial charge in [0.1, 0.15) is 17.7 Å². The molecule has 8 nitrogen and oxygen atoms in total. The standard InChI is InChI=1S/C15H18N4O4/c1-10-3-6-13(23-10)8-18(12-4-5-12)15(20)9-17-11(2)16-7-14(17)19(21)22/h3,6-7,12H,4-5,8-9H2,1-2H3. The third kappa shape index (κ3) is 3.25. The maximum absolute atomic E-state index is 12.6. The molecule has 2 aromatic heterocycles. The number of nitrogens with zero attached hydrogens (tertiary/aromatic N) is 4. The van der Waals surface area contributed by atoms with Crippen molar-refractivity contribution in [2.45, 2.75) is 45.8 Å². The van der Waals surface area contributed by atoms with Crippen LogP contribution in [0.5, 0.6) is 0 Å². The van der Waals surface area contributed by atoms with Crippen LogP contribution in [0.3, 0.4) is 0 Å². The summed E-state index contributed by atoms with van der Waals surface area (Å²) in [6.45, 7) is 3.81. The lowest BCUT2D eigenvalue weighted by molar-refractivity contribution is -0.392. The van der Waals surface area contributed by atoms with Crippen LogP contribution in [0.15, 0.2) is 22.7 Å². The van der Waals surface area contributed by atoms with Crippen LogP contribution in [0.1, 0.15) is 30.2 Å². The smallest absolute Gasteiger partial charge is 0.343 e. The fraction of sp³-hybridized carbons (Fsp3) is 0.467. The van der Waals surface area contributed by atoms with Crippen molar-refractivity contribution in [2.24, 2.45) is 0 Å². The molecule has 1 saturated carbocycles. The molecule has 0 N–H and O–H groups in total. The molecule has 1 aliphatic rings. The Balaban J connectivity index is 1.77. The minimum Gasteiger partial charge on any atom is -0.464 e. The van der Waals surface area contributed by atoms with E-state index < -0.39 is 4.92 Å². The van der Waals surface area contributed by atoms with Gasteiger partial charge in [-0.1, -0.05) is 0 Å². The van der Waals surface area contributed by atoms with E-state index in [2.05, 4.69) is 4.98 Å². The van der Waals surface area contributed by atoms with E-state index >= 15 is 0 Å². The van der Waals surface area contributed by atoms with Crippen molar-refractivity contribution in [3.8, 4) is 0 Å². The van der Waals surface area contributed by atoms with Gasteiger partial charge in [-0.05, 0) is 36.8 Å². The van der Waals surface area contributed by atoms with Gasteiger partial charge in [-0.3, -0.25) is 4.79 Å². The van der Waals surface area contributed by atoms with Gasteiger partial charge in [-0.15, -0.1) is 0 Å². The maximum atomic E-state index is 12.6. The Labute approximate surface area is 132 Å². The molecule has 0 bridgehead atoms. The van der Waals surface area contributed by atoms with Crippen LogP contribution in [-0.2, 0) is 17.9 Å². The summed E-state index contributed by atoms with van der Waals surface area (Å²) in [5, 5.41) is 11.0. The van der Waals surface area contributed by atoms with Gasteiger partial charge < -0.3 is 19.4 Å². The summed E-state index contributed by atoms with van der Waals surface area (Å²) in [5.74, 6) is 1.64. The van der Waals surface area contributed by atoms with Gasteiger partial charge >= 0.3 is 5.82 Å². The minimum absolute atomic E-state index is 0.0850. The fourth-order valence-corrected chi connectivity index (χ4v) is 2.57. The van der Waals surface area contributed by atoms with E-state index in [0.717, 1.165) is 24.4 Å².